The second kappa shape index (κ2) is 5.89. The number of nitrogens with zero attached hydrogens (tertiary/aromatic N) is 4. The molecule has 0 aliphatic rings. The fraction of sp³-hybridized carbons (Fsp3) is 0.105. The number of para-hydroxylation sites is 1. The average Bonchev–Trinajstić information content (AvgIpc) is 3.40. The van der Waals surface area contributed by atoms with Crippen LogP contribution in [-0.2, 0) is 0 Å². The number of hydrogen-bond acceptors (Lipinski definition) is 6. The van der Waals surface area contributed by atoms with Gasteiger partial charge in [-0.25, -0.2) is 4.68 Å². The highest BCUT2D eigenvalue weighted by atomic mass is 32.1. The van der Waals surface area contributed by atoms with Gasteiger partial charge in [0, 0.05) is 10.3 Å². The maximum atomic E-state index is 5.47. The van der Waals surface area contributed by atoms with E-state index in [1.165, 1.54) is 4.88 Å². The van der Waals surface area contributed by atoms with Crippen LogP contribution in [0.25, 0.3) is 37.4 Å². The number of rotatable bonds is 3. The molecule has 0 radical (unpaired) electrons. The molecule has 26 heavy (non-hydrogen) atoms. The van der Waals surface area contributed by atoms with E-state index in [1.807, 2.05) is 35.9 Å². The Balaban J connectivity index is 1.60. The van der Waals surface area contributed by atoms with E-state index in [9.17, 15) is 0 Å². The summed E-state index contributed by atoms with van der Waals surface area (Å²) in [7, 11) is 0. The maximum absolute atomic E-state index is 5.47. The van der Waals surface area contributed by atoms with Crippen molar-refractivity contribution in [2.24, 2.45) is 0 Å². The van der Waals surface area contributed by atoms with Gasteiger partial charge >= 0.3 is 0 Å². The van der Waals surface area contributed by atoms with Crippen molar-refractivity contribution in [1.29, 1.82) is 0 Å². The second-order valence-electron chi connectivity index (χ2n) is 6.00. The fourth-order valence-electron chi connectivity index (χ4n) is 2.87. The van der Waals surface area contributed by atoms with Crippen LogP contribution in [0.1, 0.15) is 10.6 Å². The van der Waals surface area contributed by atoms with Crippen LogP contribution in [0.15, 0.2) is 53.1 Å². The summed E-state index contributed by atoms with van der Waals surface area (Å²) in [6.45, 7) is 4.09. The Hall–Kier alpha value is -2.77. The number of benzene rings is 1. The van der Waals surface area contributed by atoms with Crippen molar-refractivity contribution in [1.82, 2.24) is 19.9 Å². The zero-order valence-electron chi connectivity index (χ0n) is 14.1. The van der Waals surface area contributed by atoms with Crippen molar-refractivity contribution in [3.63, 3.8) is 0 Å². The Bertz CT molecular complexity index is 1210. The molecule has 0 aliphatic carbocycles. The van der Waals surface area contributed by atoms with Gasteiger partial charge in [-0.1, -0.05) is 23.4 Å². The van der Waals surface area contributed by atoms with Crippen LogP contribution < -0.4 is 0 Å². The third kappa shape index (κ3) is 2.48. The van der Waals surface area contributed by atoms with Gasteiger partial charge in [-0.05, 0) is 44.2 Å². The van der Waals surface area contributed by atoms with Crippen LogP contribution >= 0.6 is 22.7 Å². The summed E-state index contributed by atoms with van der Waals surface area (Å²) in [5.74, 6) is 1.18. The molecule has 0 fully saturated rings. The molecular formula is C19H14N4OS2. The van der Waals surface area contributed by atoms with Crippen LogP contribution in [0.2, 0.25) is 0 Å². The van der Waals surface area contributed by atoms with E-state index in [0.717, 1.165) is 31.4 Å². The van der Waals surface area contributed by atoms with E-state index >= 15 is 0 Å². The predicted molar refractivity (Wildman–Crippen MR) is 105 cm³/mol. The number of fused-ring (bicyclic) bond motifs is 1. The quantitative estimate of drug-likeness (QED) is 0.417. The second-order valence-corrected chi connectivity index (χ2v) is 8.31. The molecule has 4 heterocycles. The molecule has 0 spiro atoms. The van der Waals surface area contributed by atoms with Gasteiger partial charge in [0.15, 0.2) is 0 Å². The van der Waals surface area contributed by atoms with Gasteiger partial charge in [-0.15, -0.1) is 22.7 Å². The predicted octanol–water partition coefficient (Wildman–Crippen LogP) is 5.48. The Kier molecular flexibility index (Phi) is 3.51. The van der Waals surface area contributed by atoms with E-state index in [-0.39, 0.29) is 0 Å². The molecule has 0 aliphatic heterocycles. The molecule has 1 aromatic carbocycles. The molecule has 5 rings (SSSR count). The Morgan fingerprint density at radius 1 is 0.962 bits per heavy atom. The van der Waals surface area contributed by atoms with E-state index < -0.39 is 0 Å². The van der Waals surface area contributed by atoms with Gasteiger partial charge in [-0.2, -0.15) is 10.1 Å². The lowest BCUT2D eigenvalue weighted by Crippen LogP contribution is -1.94. The summed E-state index contributed by atoms with van der Waals surface area (Å²) < 4.78 is 7.44. The topological polar surface area (TPSA) is 56.7 Å². The summed E-state index contributed by atoms with van der Waals surface area (Å²) in [6, 6.07) is 16.3. The minimum absolute atomic E-state index is 0.567. The van der Waals surface area contributed by atoms with Crippen LogP contribution in [0.4, 0.5) is 0 Å². The highest BCUT2D eigenvalue weighted by Crippen LogP contribution is 2.36. The third-order valence-corrected chi connectivity index (χ3v) is 6.24. The van der Waals surface area contributed by atoms with Crippen molar-refractivity contribution in [3.05, 3.63) is 59.1 Å². The van der Waals surface area contributed by atoms with Crippen molar-refractivity contribution in [3.8, 4) is 27.2 Å². The summed E-state index contributed by atoms with van der Waals surface area (Å²) >= 11 is 3.28. The Labute approximate surface area is 157 Å². The molecule has 5 aromatic rings. The lowest BCUT2D eigenvalue weighted by Gasteiger charge is -2.00. The van der Waals surface area contributed by atoms with Crippen molar-refractivity contribution in [2.45, 2.75) is 13.8 Å². The maximum Gasteiger partial charge on any atom is 0.268 e. The van der Waals surface area contributed by atoms with E-state index in [2.05, 4.69) is 46.4 Å². The monoisotopic (exact) mass is 378 g/mol. The smallest absolute Gasteiger partial charge is 0.268 e. The first kappa shape index (κ1) is 15.5. The van der Waals surface area contributed by atoms with Crippen molar-refractivity contribution >= 4 is 32.9 Å². The standard InChI is InChI=1S/C19H14N4OS2/c1-11-8-9-15(25-11)18-20-17(22-24-18)16-10-14-12(2)21-23(19(14)26-16)13-6-4-3-5-7-13/h3-10H,1-2H3. The van der Waals surface area contributed by atoms with Gasteiger partial charge in [0.1, 0.15) is 4.83 Å². The molecule has 0 bridgehead atoms. The minimum Gasteiger partial charge on any atom is -0.333 e. The zero-order valence-corrected chi connectivity index (χ0v) is 15.8. The van der Waals surface area contributed by atoms with Crippen LogP contribution in [-0.4, -0.2) is 19.9 Å². The molecule has 0 amide bonds. The molecule has 0 atom stereocenters. The average molecular weight is 378 g/mol. The van der Waals surface area contributed by atoms with Crippen molar-refractivity contribution < 1.29 is 4.52 Å². The number of aryl methyl sites for hydroxylation is 2. The Morgan fingerprint density at radius 3 is 2.58 bits per heavy atom. The zero-order chi connectivity index (χ0) is 17.7. The van der Waals surface area contributed by atoms with Crippen molar-refractivity contribution in [2.75, 3.05) is 0 Å². The lowest BCUT2D eigenvalue weighted by atomic mass is 10.3. The van der Waals surface area contributed by atoms with Gasteiger partial charge < -0.3 is 4.52 Å². The van der Waals surface area contributed by atoms with E-state index in [1.54, 1.807) is 22.7 Å². The molecule has 0 saturated heterocycles. The van der Waals surface area contributed by atoms with E-state index in [4.69, 9.17) is 4.52 Å². The number of hydrogen-bond donors (Lipinski definition) is 0. The first-order valence-corrected chi connectivity index (χ1v) is 9.78. The largest absolute Gasteiger partial charge is 0.333 e. The lowest BCUT2D eigenvalue weighted by molar-refractivity contribution is 0.433. The molecule has 128 valence electrons. The fourth-order valence-corrected chi connectivity index (χ4v) is 4.77. The third-order valence-electron chi connectivity index (χ3n) is 4.14. The SMILES string of the molecule is Cc1ccc(-c2nc(-c3cc4c(C)nn(-c5ccccc5)c4s3)no2)s1. The molecular weight excluding hydrogens is 364 g/mol. The number of thiophene rings is 2. The first-order valence-electron chi connectivity index (χ1n) is 8.14. The molecule has 0 N–H and O–H groups in total. The van der Waals surface area contributed by atoms with Crippen LogP contribution in [0, 0.1) is 13.8 Å². The summed E-state index contributed by atoms with van der Waals surface area (Å²) in [5, 5.41) is 9.97. The summed E-state index contributed by atoms with van der Waals surface area (Å²) in [5.41, 5.74) is 2.03. The summed E-state index contributed by atoms with van der Waals surface area (Å²) in [4.78, 5) is 8.87. The molecule has 7 heteroatoms. The normalized spacial score (nSPS) is 11.5. The van der Waals surface area contributed by atoms with Gasteiger partial charge in [0.2, 0.25) is 5.82 Å². The molecule has 0 saturated carbocycles. The van der Waals surface area contributed by atoms with Crippen LogP contribution in [0.3, 0.4) is 0 Å². The van der Waals surface area contributed by atoms with E-state index in [0.29, 0.717) is 11.7 Å². The molecule has 0 unspecified atom stereocenters. The Morgan fingerprint density at radius 2 is 1.81 bits per heavy atom. The highest BCUT2D eigenvalue weighted by Gasteiger charge is 2.18. The minimum atomic E-state index is 0.567. The van der Waals surface area contributed by atoms with Gasteiger partial charge in [0.25, 0.3) is 5.89 Å². The molecule has 4 aromatic heterocycles. The van der Waals surface area contributed by atoms with Crippen LogP contribution in [0.5, 0.6) is 0 Å². The highest BCUT2D eigenvalue weighted by molar-refractivity contribution is 7.21. The van der Waals surface area contributed by atoms with Gasteiger partial charge in [-0.3, -0.25) is 0 Å². The van der Waals surface area contributed by atoms with Gasteiger partial charge in [0.05, 0.1) is 21.1 Å². The number of aromatic nitrogens is 4. The first-order chi connectivity index (χ1) is 12.7. The molecule has 5 nitrogen and oxygen atoms in total. The summed E-state index contributed by atoms with van der Waals surface area (Å²) in [6.07, 6.45) is 0.